The van der Waals surface area contributed by atoms with E-state index in [1.54, 1.807) is 0 Å². The van der Waals surface area contributed by atoms with Gasteiger partial charge in [0.1, 0.15) is 11.4 Å². The van der Waals surface area contributed by atoms with Gasteiger partial charge in [-0.1, -0.05) is 26.0 Å². The number of nitrogens with one attached hydrogen (secondary N) is 1. The highest BCUT2D eigenvalue weighted by Gasteiger charge is 2.28. The average Bonchev–Trinajstić information content (AvgIpc) is 2.84. The molecule has 1 aromatic rings. The highest BCUT2D eigenvalue weighted by atomic mass is 16.6. The van der Waals surface area contributed by atoms with Crippen LogP contribution in [0.2, 0.25) is 0 Å². The molecule has 0 radical (unpaired) electrons. The summed E-state index contributed by atoms with van der Waals surface area (Å²) in [7, 11) is 0.504. The molecular formula is C17H26BNO4. The van der Waals surface area contributed by atoms with Crippen molar-refractivity contribution in [2.75, 3.05) is 13.2 Å². The largest absolute Gasteiger partial charge is 0.494 e. The Kier molecular flexibility index (Phi) is 5.57. The smallest absolute Gasteiger partial charge is 0.407 e. The van der Waals surface area contributed by atoms with Crippen LogP contribution in [0.4, 0.5) is 4.79 Å². The van der Waals surface area contributed by atoms with Crippen LogP contribution in [0, 0.1) is 5.92 Å². The third kappa shape index (κ3) is 5.17. The van der Waals surface area contributed by atoms with Crippen molar-refractivity contribution in [1.29, 1.82) is 0 Å². The minimum atomic E-state index is -0.504. The number of ether oxygens (including phenoxy) is 2. The van der Waals surface area contributed by atoms with E-state index in [1.165, 1.54) is 0 Å². The summed E-state index contributed by atoms with van der Waals surface area (Å²) in [6, 6.07) is 5.95. The first kappa shape index (κ1) is 17.7. The predicted octanol–water partition coefficient (Wildman–Crippen LogP) is 2.29. The molecule has 23 heavy (non-hydrogen) atoms. The van der Waals surface area contributed by atoms with Crippen molar-refractivity contribution in [3.05, 3.63) is 23.8 Å². The van der Waals surface area contributed by atoms with Gasteiger partial charge in [-0.05, 0) is 43.8 Å². The van der Waals surface area contributed by atoms with Crippen LogP contribution in [-0.4, -0.2) is 32.3 Å². The Morgan fingerprint density at radius 1 is 1.39 bits per heavy atom. The quantitative estimate of drug-likeness (QED) is 0.846. The first-order chi connectivity index (χ1) is 10.8. The zero-order valence-electron chi connectivity index (χ0n) is 14.6. The normalized spacial score (nSPS) is 16.7. The van der Waals surface area contributed by atoms with Gasteiger partial charge < -0.3 is 19.4 Å². The SMILES string of the molecule is CC(C)COc1cccc2c1BO[C@@H]2CNC(=O)OC(C)(C)C. The Morgan fingerprint density at radius 2 is 2.13 bits per heavy atom. The molecule has 0 aliphatic carbocycles. The number of carbonyl (C=O) groups is 1. The van der Waals surface area contributed by atoms with Crippen LogP contribution in [0.15, 0.2) is 18.2 Å². The summed E-state index contributed by atoms with van der Waals surface area (Å²) < 4.78 is 16.9. The first-order valence-electron chi connectivity index (χ1n) is 8.09. The average molecular weight is 319 g/mol. The van der Waals surface area contributed by atoms with Gasteiger partial charge in [0.25, 0.3) is 0 Å². The molecular weight excluding hydrogens is 293 g/mol. The standard InChI is InChI=1S/C17H26BNO4/c1-11(2)10-21-13-8-6-7-12-14(23-18-15(12)13)9-19-16(20)22-17(3,4)5/h6-8,11,14,18H,9-10H2,1-5H3,(H,19,20)/t14-/m1/s1. The van der Waals surface area contributed by atoms with Crippen molar-refractivity contribution >= 4 is 19.0 Å². The van der Waals surface area contributed by atoms with Crippen molar-refractivity contribution < 1.29 is 18.9 Å². The summed E-state index contributed by atoms with van der Waals surface area (Å²) in [5.74, 6) is 1.34. The Labute approximate surface area is 139 Å². The summed E-state index contributed by atoms with van der Waals surface area (Å²) in [6.07, 6.45) is -0.595. The molecule has 1 heterocycles. The van der Waals surface area contributed by atoms with Crippen LogP contribution in [0.25, 0.3) is 0 Å². The van der Waals surface area contributed by atoms with E-state index in [4.69, 9.17) is 14.1 Å². The lowest BCUT2D eigenvalue weighted by Gasteiger charge is -2.21. The molecule has 6 heteroatoms. The van der Waals surface area contributed by atoms with E-state index in [0.717, 1.165) is 16.8 Å². The Morgan fingerprint density at radius 3 is 2.78 bits per heavy atom. The Hall–Kier alpha value is -1.69. The molecule has 0 bridgehead atoms. The Balaban J connectivity index is 1.96. The summed E-state index contributed by atoms with van der Waals surface area (Å²) in [5.41, 5.74) is 1.64. The highest BCUT2D eigenvalue weighted by molar-refractivity contribution is 6.50. The summed E-state index contributed by atoms with van der Waals surface area (Å²) in [5, 5.41) is 2.76. The van der Waals surface area contributed by atoms with E-state index in [1.807, 2.05) is 39.0 Å². The number of alkyl carbamates (subject to hydrolysis) is 1. The highest BCUT2D eigenvalue weighted by Crippen LogP contribution is 2.25. The number of hydrogen-bond acceptors (Lipinski definition) is 4. The number of fused-ring (bicyclic) bond motifs is 1. The zero-order valence-corrected chi connectivity index (χ0v) is 14.6. The van der Waals surface area contributed by atoms with Crippen LogP contribution < -0.4 is 15.5 Å². The summed E-state index contributed by atoms with van der Waals surface area (Å²) in [6.45, 7) is 10.8. The van der Waals surface area contributed by atoms with Gasteiger partial charge in [-0.25, -0.2) is 4.79 Å². The van der Waals surface area contributed by atoms with Crippen molar-refractivity contribution in [2.45, 2.75) is 46.3 Å². The third-order valence-electron chi connectivity index (χ3n) is 3.35. The van der Waals surface area contributed by atoms with E-state index < -0.39 is 11.7 Å². The topological polar surface area (TPSA) is 56.8 Å². The fourth-order valence-corrected chi connectivity index (χ4v) is 2.36. The maximum absolute atomic E-state index is 11.8. The van der Waals surface area contributed by atoms with Gasteiger partial charge in [0, 0.05) is 6.54 Å². The van der Waals surface area contributed by atoms with E-state index >= 15 is 0 Å². The summed E-state index contributed by atoms with van der Waals surface area (Å²) >= 11 is 0. The molecule has 0 fully saturated rings. The number of amides is 1. The lowest BCUT2D eigenvalue weighted by atomic mass is 9.85. The maximum atomic E-state index is 11.8. The molecule has 0 unspecified atom stereocenters. The third-order valence-corrected chi connectivity index (χ3v) is 3.35. The molecule has 0 saturated heterocycles. The molecule has 0 aromatic heterocycles. The Bertz CT molecular complexity index is 554. The second-order valence-electron chi connectivity index (χ2n) is 7.21. The molecule has 1 atom stereocenters. The molecule has 1 N–H and O–H groups in total. The molecule has 126 valence electrons. The van der Waals surface area contributed by atoms with Gasteiger partial charge in [0.15, 0.2) is 0 Å². The molecule has 0 saturated carbocycles. The predicted molar refractivity (Wildman–Crippen MR) is 91.6 cm³/mol. The molecule has 1 aromatic carbocycles. The van der Waals surface area contributed by atoms with Crippen molar-refractivity contribution in [2.24, 2.45) is 5.92 Å². The van der Waals surface area contributed by atoms with Gasteiger partial charge in [-0.15, -0.1) is 0 Å². The molecule has 5 nitrogen and oxygen atoms in total. The van der Waals surface area contributed by atoms with Gasteiger partial charge in [0.05, 0.1) is 12.7 Å². The van der Waals surface area contributed by atoms with Gasteiger partial charge >= 0.3 is 13.6 Å². The van der Waals surface area contributed by atoms with Crippen LogP contribution in [0.3, 0.4) is 0 Å². The minimum absolute atomic E-state index is 0.167. The van der Waals surface area contributed by atoms with Crippen molar-refractivity contribution in [3.63, 3.8) is 0 Å². The van der Waals surface area contributed by atoms with Crippen LogP contribution in [0.5, 0.6) is 5.75 Å². The number of rotatable bonds is 5. The van der Waals surface area contributed by atoms with E-state index in [-0.39, 0.29) is 6.10 Å². The molecule has 1 aliphatic rings. The number of carbonyl (C=O) groups excluding carboxylic acids is 1. The number of hydrogen-bond donors (Lipinski definition) is 1. The molecule has 2 rings (SSSR count). The second kappa shape index (κ2) is 7.26. The van der Waals surface area contributed by atoms with Crippen LogP contribution in [0.1, 0.15) is 46.3 Å². The lowest BCUT2D eigenvalue weighted by molar-refractivity contribution is 0.0504. The van der Waals surface area contributed by atoms with Crippen LogP contribution >= 0.6 is 0 Å². The fourth-order valence-electron chi connectivity index (χ4n) is 2.36. The fraction of sp³-hybridized carbons (Fsp3) is 0.588. The summed E-state index contributed by atoms with van der Waals surface area (Å²) in [4.78, 5) is 11.8. The first-order valence-corrected chi connectivity index (χ1v) is 8.09. The van der Waals surface area contributed by atoms with Crippen molar-refractivity contribution in [3.8, 4) is 5.75 Å². The van der Waals surface area contributed by atoms with Crippen LogP contribution in [-0.2, 0) is 9.39 Å². The zero-order chi connectivity index (χ0) is 17.0. The van der Waals surface area contributed by atoms with Gasteiger partial charge in [0.2, 0.25) is 0 Å². The molecule has 1 amide bonds. The van der Waals surface area contributed by atoms with E-state index in [9.17, 15) is 4.79 Å². The lowest BCUT2D eigenvalue weighted by Crippen LogP contribution is -2.34. The maximum Gasteiger partial charge on any atom is 0.407 e. The van der Waals surface area contributed by atoms with Crippen molar-refractivity contribution in [1.82, 2.24) is 5.32 Å². The monoisotopic (exact) mass is 319 g/mol. The second-order valence-corrected chi connectivity index (χ2v) is 7.21. The molecule has 1 aliphatic heterocycles. The van der Waals surface area contributed by atoms with Gasteiger partial charge in [-0.2, -0.15) is 0 Å². The van der Waals surface area contributed by atoms with Gasteiger partial charge in [-0.3, -0.25) is 0 Å². The van der Waals surface area contributed by atoms with E-state index in [2.05, 4.69) is 19.2 Å². The minimum Gasteiger partial charge on any atom is -0.494 e. The molecule has 0 spiro atoms. The number of benzene rings is 1. The van der Waals surface area contributed by atoms with E-state index in [0.29, 0.717) is 26.6 Å².